The molecule has 4 N–H and O–H groups in total. The van der Waals surface area contributed by atoms with Crippen LogP contribution in [0, 0.1) is 0 Å². The van der Waals surface area contributed by atoms with Crippen LogP contribution in [0.15, 0.2) is 0 Å². The molecule has 7 nitrogen and oxygen atoms in total. The number of carbonyl (C=O) groups is 2. The van der Waals surface area contributed by atoms with Crippen molar-refractivity contribution in [3.8, 4) is 0 Å². The number of hydrogen-bond donors (Lipinski definition) is 4. The molecule has 2 fully saturated rings. The summed E-state index contributed by atoms with van der Waals surface area (Å²) in [6, 6.07) is -0.526. The second-order valence-electron chi connectivity index (χ2n) is 4.53. The van der Waals surface area contributed by atoms with E-state index in [1.807, 2.05) is 0 Å². The van der Waals surface area contributed by atoms with Crippen LogP contribution in [-0.4, -0.2) is 59.5 Å². The molecule has 0 radical (unpaired) electrons. The third-order valence-electron chi connectivity index (χ3n) is 3.22. The van der Waals surface area contributed by atoms with Crippen LogP contribution >= 0.6 is 0 Å². The fraction of sp³-hybridized carbons (Fsp3) is 0.800. The minimum absolute atomic E-state index is 0.0106. The Balaban J connectivity index is 1.99. The van der Waals surface area contributed by atoms with E-state index >= 15 is 0 Å². The molecule has 17 heavy (non-hydrogen) atoms. The van der Waals surface area contributed by atoms with Gasteiger partial charge in [0.25, 0.3) is 0 Å². The van der Waals surface area contributed by atoms with E-state index in [0.717, 1.165) is 0 Å². The van der Waals surface area contributed by atoms with Crippen molar-refractivity contribution < 1.29 is 24.5 Å². The molecule has 2 aliphatic rings. The second-order valence-corrected chi connectivity index (χ2v) is 4.53. The zero-order chi connectivity index (χ0) is 12.5. The molecule has 0 aromatic rings. The Labute approximate surface area is 98.1 Å². The van der Waals surface area contributed by atoms with Gasteiger partial charge in [0.1, 0.15) is 0 Å². The largest absolute Gasteiger partial charge is 0.479 e. The van der Waals surface area contributed by atoms with Gasteiger partial charge >= 0.3 is 5.97 Å². The summed E-state index contributed by atoms with van der Waals surface area (Å²) in [5, 5.41) is 23.8. The van der Waals surface area contributed by atoms with Crippen molar-refractivity contribution in [3.63, 3.8) is 0 Å². The van der Waals surface area contributed by atoms with E-state index in [4.69, 9.17) is 9.84 Å². The maximum atomic E-state index is 11.9. The van der Waals surface area contributed by atoms with Crippen LogP contribution in [0.25, 0.3) is 0 Å². The Kier molecular flexibility index (Phi) is 3.32. The quantitative estimate of drug-likeness (QED) is 0.460. The van der Waals surface area contributed by atoms with Crippen molar-refractivity contribution in [2.45, 2.75) is 30.5 Å². The van der Waals surface area contributed by atoms with Gasteiger partial charge in [-0.2, -0.15) is 0 Å². The SMILES string of the molecule is O=C(NC1(C(=O)O)CCOC1)C1CC(O)CN1. The Hall–Kier alpha value is -1.18. The molecule has 0 aromatic heterocycles. The molecule has 2 saturated heterocycles. The van der Waals surface area contributed by atoms with E-state index in [-0.39, 0.29) is 13.0 Å². The molecule has 2 aliphatic heterocycles. The van der Waals surface area contributed by atoms with Gasteiger partial charge in [0.15, 0.2) is 5.54 Å². The number of β-amino-alcohol motifs (C(OH)–C–C–N with tert-alkyl or cyclic N) is 1. The molecule has 3 atom stereocenters. The summed E-state index contributed by atoms with van der Waals surface area (Å²) in [6.45, 7) is 0.672. The summed E-state index contributed by atoms with van der Waals surface area (Å²) in [5.74, 6) is -1.48. The lowest BCUT2D eigenvalue weighted by Crippen LogP contribution is -2.58. The molecular weight excluding hydrogens is 228 g/mol. The van der Waals surface area contributed by atoms with Gasteiger partial charge in [-0.3, -0.25) is 4.79 Å². The molecule has 2 heterocycles. The number of aliphatic carboxylic acids is 1. The van der Waals surface area contributed by atoms with E-state index < -0.39 is 29.6 Å². The smallest absolute Gasteiger partial charge is 0.331 e. The van der Waals surface area contributed by atoms with Crippen molar-refractivity contribution in [3.05, 3.63) is 0 Å². The predicted octanol–water partition coefficient (Wildman–Crippen LogP) is -1.93. The average molecular weight is 244 g/mol. The maximum Gasteiger partial charge on any atom is 0.331 e. The normalized spacial score (nSPS) is 37.0. The molecule has 0 spiro atoms. The molecular formula is C10H16N2O5. The summed E-state index contributed by atoms with van der Waals surface area (Å²) in [7, 11) is 0. The number of ether oxygens (including phenoxy) is 1. The van der Waals surface area contributed by atoms with E-state index in [1.54, 1.807) is 0 Å². The van der Waals surface area contributed by atoms with Gasteiger partial charge in [0.2, 0.25) is 5.91 Å². The lowest BCUT2D eigenvalue weighted by atomic mass is 9.98. The summed E-state index contributed by atoms with van der Waals surface area (Å²) < 4.78 is 5.04. The molecule has 0 saturated carbocycles. The van der Waals surface area contributed by atoms with Crippen molar-refractivity contribution in [2.24, 2.45) is 0 Å². The van der Waals surface area contributed by atoms with E-state index in [9.17, 15) is 14.7 Å². The van der Waals surface area contributed by atoms with E-state index in [2.05, 4.69) is 10.6 Å². The summed E-state index contributed by atoms with van der Waals surface area (Å²) >= 11 is 0. The van der Waals surface area contributed by atoms with Gasteiger partial charge in [-0.25, -0.2) is 4.79 Å². The van der Waals surface area contributed by atoms with Gasteiger partial charge in [-0.15, -0.1) is 0 Å². The number of carbonyl (C=O) groups excluding carboxylic acids is 1. The zero-order valence-electron chi connectivity index (χ0n) is 9.31. The highest BCUT2D eigenvalue weighted by atomic mass is 16.5. The molecule has 0 bridgehead atoms. The van der Waals surface area contributed by atoms with Crippen LogP contribution in [-0.2, 0) is 14.3 Å². The lowest BCUT2D eigenvalue weighted by molar-refractivity contribution is -0.147. The Morgan fingerprint density at radius 2 is 2.24 bits per heavy atom. The van der Waals surface area contributed by atoms with Crippen LogP contribution in [0.1, 0.15) is 12.8 Å². The number of hydrogen-bond acceptors (Lipinski definition) is 5. The summed E-state index contributed by atoms with van der Waals surface area (Å²) in [6.07, 6.45) is 0.0255. The first-order valence-electron chi connectivity index (χ1n) is 5.58. The summed E-state index contributed by atoms with van der Waals surface area (Å²) in [5.41, 5.74) is -1.31. The van der Waals surface area contributed by atoms with Crippen LogP contribution in [0.3, 0.4) is 0 Å². The minimum Gasteiger partial charge on any atom is -0.479 e. The number of rotatable bonds is 3. The topological polar surface area (TPSA) is 108 Å². The monoisotopic (exact) mass is 244 g/mol. The molecule has 0 aromatic carbocycles. The zero-order valence-corrected chi connectivity index (χ0v) is 9.31. The minimum atomic E-state index is -1.31. The Morgan fingerprint density at radius 3 is 2.71 bits per heavy atom. The Morgan fingerprint density at radius 1 is 1.47 bits per heavy atom. The fourth-order valence-corrected chi connectivity index (χ4v) is 2.13. The first-order chi connectivity index (χ1) is 8.03. The number of amides is 1. The van der Waals surface area contributed by atoms with E-state index in [1.165, 1.54) is 0 Å². The maximum absolute atomic E-state index is 11.9. The van der Waals surface area contributed by atoms with Crippen molar-refractivity contribution in [2.75, 3.05) is 19.8 Å². The standard InChI is InChI=1S/C10H16N2O5/c13-6-3-7(11-4-6)8(14)12-10(9(15)16)1-2-17-5-10/h6-7,11,13H,1-5H2,(H,12,14)(H,15,16). The van der Waals surface area contributed by atoms with Crippen molar-refractivity contribution in [1.29, 1.82) is 0 Å². The van der Waals surface area contributed by atoms with E-state index in [0.29, 0.717) is 19.6 Å². The first kappa shape index (κ1) is 12.3. The number of carboxylic acid groups (broad SMARTS) is 1. The highest BCUT2D eigenvalue weighted by Gasteiger charge is 2.45. The van der Waals surface area contributed by atoms with Crippen LogP contribution < -0.4 is 10.6 Å². The average Bonchev–Trinajstić information content (AvgIpc) is 2.87. The number of nitrogens with one attached hydrogen (secondary N) is 2. The van der Waals surface area contributed by atoms with Gasteiger partial charge in [0.05, 0.1) is 18.8 Å². The van der Waals surface area contributed by atoms with Gasteiger partial charge in [-0.05, 0) is 6.42 Å². The van der Waals surface area contributed by atoms with Crippen LogP contribution in [0.2, 0.25) is 0 Å². The number of carboxylic acids is 1. The predicted molar refractivity (Wildman–Crippen MR) is 56.4 cm³/mol. The molecule has 7 heteroatoms. The fourth-order valence-electron chi connectivity index (χ4n) is 2.13. The van der Waals surface area contributed by atoms with Crippen molar-refractivity contribution >= 4 is 11.9 Å². The molecule has 0 aliphatic carbocycles. The number of aliphatic hydroxyl groups is 1. The third-order valence-corrected chi connectivity index (χ3v) is 3.22. The Bertz CT molecular complexity index is 327. The highest BCUT2D eigenvalue weighted by molar-refractivity contribution is 5.90. The molecule has 2 rings (SSSR count). The molecule has 96 valence electrons. The van der Waals surface area contributed by atoms with Gasteiger partial charge < -0.3 is 25.6 Å². The second kappa shape index (κ2) is 4.59. The number of aliphatic hydroxyl groups excluding tert-OH is 1. The first-order valence-corrected chi connectivity index (χ1v) is 5.58. The van der Waals surface area contributed by atoms with Crippen LogP contribution in [0.4, 0.5) is 0 Å². The molecule has 1 amide bonds. The third kappa shape index (κ3) is 2.41. The van der Waals surface area contributed by atoms with Gasteiger partial charge in [-0.1, -0.05) is 0 Å². The highest BCUT2D eigenvalue weighted by Crippen LogP contribution is 2.20. The molecule has 3 unspecified atom stereocenters. The van der Waals surface area contributed by atoms with Crippen LogP contribution in [0.5, 0.6) is 0 Å². The summed E-state index contributed by atoms with van der Waals surface area (Å²) in [4.78, 5) is 23.0. The van der Waals surface area contributed by atoms with Gasteiger partial charge in [0, 0.05) is 19.6 Å². The lowest BCUT2D eigenvalue weighted by Gasteiger charge is -2.25. The van der Waals surface area contributed by atoms with Crippen molar-refractivity contribution in [1.82, 2.24) is 10.6 Å².